The van der Waals surface area contributed by atoms with Crippen molar-refractivity contribution < 1.29 is 19.8 Å². The maximum atomic E-state index is 11.6. The van der Waals surface area contributed by atoms with E-state index < -0.39 is 17.5 Å². The molecule has 0 saturated carbocycles. The van der Waals surface area contributed by atoms with Gasteiger partial charge in [0, 0.05) is 14.7 Å². The molecule has 0 spiro atoms. The van der Waals surface area contributed by atoms with Gasteiger partial charge in [0.1, 0.15) is 0 Å². The first kappa shape index (κ1) is 14.4. The molecule has 0 heterocycles. The zero-order valence-electron chi connectivity index (χ0n) is 8.85. The van der Waals surface area contributed by atoms with Gasteiger partial charge in [0.2, 0.25) is 0 Å². The number of Topliss-reactive ketones (excluding diaryl/α,β-unsaturated/α-hetero) is 1. The van der Waals surface area contributed by atoms with Crippen LogP contribution in [0.3, 0.4) is 0 Å². The van der Waals surface area contributed by atoms with Crippen LogP contribution in [0.1, 0.15) is 28.9 Å². The van der Waals surface area contributed by atoms with E-state index in [-0.39, 0.29) is 11.3 Å². The average molecular weight is 369 g/mol. The van der Waals surface area contributed by atoms with Crippen molar-refractivity contribution >= 4 is 45.9 Å². The van der Waals surface area contributed by atoms with Gasteiger partial charge in [-0.05, 0) is 35.6 Å². The molecular weight excluding hydrogens is 358 g/mol. The standard InChI is InChI=1S/C11H10ClIO4/c1-5(12)9(14)6-2-3-7(8(13)4-6)10(15)11(16)17/h2-5,10,15H,1H3,(H,16,17). The lowest BCUT2D eigenvalue weighted by Crippen LogP contribution is -2.14. The normalized spacial score (nSPS) is 14.1. The van der Waals surface area contributed by atoms with Crippen molar-refractivity contribution in [2.75, 3.05) is 0 Å². The Morgan fingerprint density at radius 3 is 2.41 bits per heavy atom. The molecule has 1 rings (SSSR count). The number of hydrogen-bond donors (Lipinski definition) is 2. The molecule has 0 fully saturated rings. The van der Waals surface area contributed by atoms with Crippen molar-refractivity contribution in [3.8, 4) is 0 Å². The Balaban J connectivity index is 3.10. The number of aliphatic hydroxyl groups is 1. The van der Waals surface area contributed by atoms with Gasteiger partial charge in [0.25, 0.3) is 0 Å². The first-order valence-corrected chi connectivity index (χ1v) is 6.24. The minimum Gasteiger partial charge on any atom is -0.479 e. The zero-order chi connectivity index (χ0) is 13.2. The van der Waals surface area contributed by atoms with Crippen LogP contribution < -0.4 is 0 Å². The highest BCUT2D eigenvalue weighted by Gasteiger charge is 2.20. The summed E-state index contributed by atoms with van der Waals surface area (Å²) in [5.74, 6) is -1.56. The van der Waals surface area contributed by atoms with Crippen LogP contribution in [-0.4, -0.2) is 27.3 Å². The molecule has 0 aliphatic heterocycles. The van der Waals surface area contributed by atoms with Gasteiger partial charge in [-0.25, -0.2) is 4.79 Å². The van der Waals surface area contributed by atoms with Crippen LogP contribution in [0.15, 0.2) is 18.2 Å². The number of carbonyl (C=O) groups excluding carboxylic acids is 1. The summed E-state index contributed by atoms with van der Waals surface area (Å²) in [5, 5.41) is 17.4. The molecular formula is C11H10ClIO4. The molecule has 0 bridgehead atoms. The quantitative estimate of drug-likeness (QED) is 0.485. The van der Waals surface area contributed by atoms with Crippen LogP contribution >= 0.6 is 34.2 Å². The van der Waals surface area contributed by atoms with E-state index >= 15 is 0 Å². The van der Waals surface area contributed by atoms with Crippen molar-refractivity contribution in [1.29, 1.82) is 0 Å². The number of hydrogen-bond acceptors (Lipinski definition) is 3. The predicted molar refractivity (Wildman–Crippen MR) is 71.4 cm³/mol. The van der Waals surface area contributed by atoms with Gasteiger partial charge >= 0.3 is 5.97 Å². The van der Waals surface area contributed by atoms with E-state index in [9.17, 15) is 14.7 Å². The van der Waals surface area contributed by atoms with E-state index in [1.807, 2.05) is 22.6 Å². The first-order chi connectivity index (χ1) is 7.84. The summed E-state index contributed by atoms with van der Waals surface area (Å²) in [4.78, 5) is 22.2. The number of aliphatic hydroxyl groups excluding tert-OH is 1. The summed E-state index contributed by atoms with van der Waals surface area (Å²) in [6.45, 7) is 1.57. The molecule has 0 radical (unpaired) electrons. The molecule has 1 aromatic carbocycles. The fourth-order valence-corrected chi connectivity index (χ4v) is 2.20. The largest absolute Gasteiger partial charge is 0.479 e. The number of benzene rings is 1. The number of halogens is 2. The van der Waals surface area contributed by atoms with Crippen LogP contribution in [0.4, 0.5) is 0 Å². The molecule has 2 N–H and O–H groups in total. The van der Waals surface area contributed by atoms with Crippen molar-refractivity contribution in [2.45, 2.75) is 18.4 Å². The predicted octanol–water partition coefficient (Wildman–Crippen LogP) is 2.22. The van der Waals surface area contributed by atoms with Gasteiger partial charge < -0.3 is 10.2 Å². The summed E-state index contributed by atoms with van der Waals surface area (Å²) in [6.07, 6.45) is -1.58. The number of rotatable bonds is 4. The molecule has 0 aromatic heterocycles. The minimum atomic E-state index is -1.58. The Morgan fingerprint density at radius 1 is 1.41 bits per heavy atom. The number of carbonyl (C=O) groups is 2. The van der Waals surface area contributed by atoms with Gasteiger partial charge in [0.15, 0.2) is 11.9 Å². The zero-order valence-corrected chi connectivity index (χ0v) is 11.8. The molecule has 2 unspecified atom stereocenters. The highest BCUT2D eigenvalue weighted by atomic mass is 127. The summed E-state index contributed by atoms with van der Waals surface area (Å²) >= 11 is 7.55. The summed E-state index contributed by atoms with van der Waals surface area (Å²) in [5.41, 5.74) is 0.662. The third kappa shape index (κ3) is 3.40. The SMILES string of the molecule is CC(Cl)C(=O)c1ccc(C(O)C(=O)O)c(I)c1. The van der Waals surface area contributed by atoms with Crippen LogP contribution in [0.25, 0.3) is 0 Å². The van der Waals surface area contributed by atoms with Crippen molar-refractivity contribution in [3.05, 3.63) is 32.9 Å². The van der Waals surface area contributed by atoms with Crippen molar-refractivity contribution in [2.24, 2.45) is 0 Å². The molecule has 92 valence electrons. The fraction of sp³-hybridized carbons (Fsp3) is 0.273. The van der Waals surface area contributed by atoms with E-state index in [1.54, 1.807) is 6.92 Å². The number of alkyl halides is 1. The number of ketones is 1. The second kappa shape index (κ2) is 5.79. The molecule has 6 heteroatoms. The monoisotopic (exact) mass is 368 g/mol. The molecule has 0 amide bonds. The van der Waals surface area contributed by atoms with E-state index in [0.717, 1.165) is 0 Å². The Labute approximate surface area is 117 Å². The van der Waals surface area contributed by atoms with Crippen LogP contribution in [0, 0.1) is 3.57 Å². The molecule has 4 nitrogen and oxygen atoms in total. The lowest BCUT2D eigenvalue weighted by molar-refractivity contribution is -0.147. The highest BCUT2D eigenvalue weighted by Crippen LogP contribution is 2.22. The van der Waals surface area contributed by atoms with Gasteiger partial charge in [-0.2, -0.15) is 0 Å². The van der Waals surface area contributed by atoms with Crippen LogP contribution in [-0.2, 0) is 4.79 Å². The maximum Gasteiger partial charge on any atom is 0.337 e. The van der Waals surface area contributed by atoms with Crippen LogP contribution in [0.2, 0.25) is 0 Å². The van der Waals surface area contributed by atoms with E-state index in [1.165, 1.54) is 18.2 Å². The molecule has 2 atom stereocenters. The molecule has 1 aromatic rings. The summed E-state index contributed by atoms with van der Waals surface area (Å²) in [6, 6.07) is 4.40. The topological polar surface area (TPSA) is 74.6 Å². The van der Waals surface area contributed by atoms with E-state index in [2.05, 4.69) is 0 Å². The molecule has 0 saturated heterocycles. The summed E-state index contributed by atoms with van der Waals surface area (Å²) < 4.78 is 0.515. The lowest BCUT2D eigenvalue weighted by atomic mass is 10.0. The van der Waals surface area contributed by atoms with Gasteiger partial charge in [0.05, 0.1) is 5.38 Å². The maximum absolute atomic E-state index is 11.6. The van der Waals surface area contributed by atoms with Crippen LogP contribution in [0.5, 0.6) is 0 Å². The minimum absolute atomic E-state index is 0.235. The first-order valence-electron chi connectivity index (χ1n) is 4.73. The lowest BCUT2D eigenvalue weighted by Gasteiger charge is -2.10. The third-order valence-corrected chi connectivity index (χ3v) is 3.31. The Morgan fingerprint density at radius 2 is 2.00 bits per heavy atom. The van der Waals surface area contributed by atoms with Gasteiger partial charge in [-0.15, -0.1) is 11.6 Å². The number of aliphatic carboxylic acids is 1. The fourth-order valence-electron chi connectivity index (χ4n) is 1.26. The molecule has 0 aliphatic carbocycles. The number of carboxylic acid groups (broad SMARTS) is 1. The Bertz CT molecular complexity index is 459. The second-order valence-electron chi connectivity index (χ2n) is 3.46. The second-order valence-corrected chi connectivity index (χ2v) is 5.27. The summed E-state index contributed by atoms with van der Waals surface area (Å²) in [7, 11) is 0. The smallest absolute Gasteiger partial charge is 0.337 e. The van der Waals surface area contributed by atoms with Gasteiger partial charge in [-0.3, -0.25) is 4.79 Å². The average Bonchev–Trinajstić information content (AvgIpc) is 2.26. The van der Waals surface area contributed by atoms with Crippen molar-refractivity contribution in [3.63, 3.8) is 0 Å². The van der Waals surface area contributed by atoms with Gasteiger partial charge in [-0.1, -0.05) is 12.1 Å². The molecule has 0 aliphatic rings. The highest BCUT2D eigenvalue weighted by molar-refractivity contribution is 14.1. The number of carboxylic acids is 1. The Hall–Kier alpha value is -0.660. The third-order valence-electron chi connectivity index (χ3n) is 2.17. The van der Waals surface area contributed by atoms with Crippen molar-refractivity contribution in [1.82, 2.24) is 0 Å². The van der Waals surface area contributed by atoms with E-state index in [4.69, 9.17) is 16.7 Å². The molecule has 17 heavy (non-hydrogen) atoms. The Kier molecular flexibility index (Phi) is 4.91. The van der Waals surface area contributed by atoms with E-state index in [0.29, 0.717) is 9.13 Å².